The van der Waals surface area contributed by atoms with Crippen LogP contribution in [0.15, 0.2) is 35.5 Å². The van der Waals surface area contributed by atoms with Gasteiger partial charge in [-0.15, -0.1) is 0 Å². The normalized spacial score (nSPS) is 11.9. The molecule has 0 saturated heterocycles. The fourth-order valence-corrected chi connectivity index (χ4v) is 4.06. The number of methoxy groups -OCH3 is 1. The monoisotopic (exact) mass is 404 g/mol. The molecule has 0 atom stereocenters. The van der Waals surface area contributed by atoms with Gasteiger partial charge in [0.05, 0.1) is 22.9 Å². The number of carbonyl (C=O) groups excluding carboxylic acids is 2. The van der Waals surface area contributed by atoms with E-state index in [1.807, 2.05) is 23.8 Å². The molecule has 0 bridgehead atoms. The van der Waals surface area contributed by atoms with Gasteiger partial charge in [0.15, 0.2) is 10.5 Å². The number of esters is 1. The van der Waals surface area contributed by atoms with E-state index in [0.29, 0.717) is 29.1 Å². The fourth-order valence-electron chi connectivity index (χ4n) is 2.60. The van der Waals surface area contributed by atoms with Crippen LogP contribution >= 0.6 is 23.1 Å². The van der Waals surface area contributed by atoms with Gasteiger partial charge in [0.2, 0.25) is 0 Å². The maximum atomic E-state index is 12.5. The molecule has 2 heterocycles. The number of thioether (sulfide) groups is 1. The lowest BCUT2D eigenvalue weighted by molar-refractivity contribution is 0.0601. The summed E-state index contributed by atoms with van der Waals surface area (Å²) in [5.41, 5.74) is 1.73. The van der Waals surface area contributed by atoms with Crippen LogP contribution in [0.5, 0.6) is 0 Å². The first kappa shape index (κ1) is 19.4. The van der Waals surface area contributed by atoms with Crippen molar-refractivity contribution in [3.05, 3.63) is 46.5 Å². The number of ether oxygens (including phenoxy) is 1. The van der Waals surface area contributed by atoms with Crippen molar-refractivity contribution in [1.82, 2.24) is 14.3 Å². The predicted octanol–water partition coefficient (Wildman–Crippen LogP) is 2.81. The number of hydrogen-bond acceptors (Lipinski definition) is 6. The van der Waals surface area contributed by atoms with E-state index in [0.717, 1.165) is 16.0 Å². The van der Waals surface area contributed by atoms with Crippen LogP contribution in [-0.4, -0.2) is 45.3 Å². The largest absolute Gasteiger partial charge is 0.465 e. The number of rotatable bonds is 6. The summed E-state index contributed by atoms with van der Waals surface area (Å²) in [6.45, 7) is 3.37. The average Bonchev–Trinajstić information content (AvgIpc) is 3.29. The Morgan fingerprint density at radius 1 is 1.33 bits per heavy atom. The van der Waals surface area contributed by atoms with E-state index >= 15 is 0 Å². The third-order valence-corrected chi connectivity index (χ3v) is 5.64. The second-order valence-corrected chi connectivity index (χ2v) is 7.67. The Hall–Kier alpha value is -2.39. The van der Waals surface area contributed by atoms with Gasteiger partial charge in [-0.25, -0.2) is 4.79 Å². The number of thiazole rings is 1. The lowest BCUT2D eigenvalue weighted by atomic mass is 10.2. The molecule has 3 aromatic rings. The molecule has 0 N–H and O–H groups in total. The number of benzene rings is 1. The standard InChI is InChI=1S/C18H20N4O3S2/c1-4-21-8-7-13(20-21)16(23)19-18-22(9-10-26-3)14-6-5-12(17(24)25-2)11-15(14)27-18/h5-8,11H,4,9-10H2,1-3H3. The van der Waals surface area contributed by atoms with Crippen molar-refractivity contribution < 1.29 is 14.3 Å². The van der Waals surface area contributed by atoms with Crippen LogP contribution in [0, 0.1) is 0 Å². The highest BCUT2D eigenvalue weighted by molar-refractivity contribution is 7.98. The lowest BCUT2D eigenvalue weighted by Crippen LogP contribution is -2.18. The molecule has 0 unspecified atom stereocenters. The molecule has 7 nitrogen and oxygen atoms in total. The molecule has 9 heteroatoms. The molecule has 0 fully saturated rings. The highest BCUT2D eigenvalue weighted by Gasteiger charge is 2.13. The number of hydrogen-bond donors (Lipinski definition) is 0. The van der Waals surface area contributed by atoms with Crippen molar-refractivity contribution in [2.75, 3.05) is 19.1 Å². The van der Waals surface area contributed by atoms with Gasteiger partial charge in [-0.05, 0) is 37.4 Å². The number of fused-ring (bicyclic) bond motifs is 1. The Labute approximate surface area is 164 Å². The SMILES string of the molecule is CCn1ccc(C(=O)N=c2sc3cc(C(=O)OC)ccc3n2CCSC)n1. The first-order valence-corrected chi connectivity index (χ1v) is 10.6. The summed E-state index contributed by atoms with van der Waals surface area (Å²) < 4.78 is 9.37. The van der Waals surface area contributed by atoms with Crippen LogP contribution in [0.3, 0.4) is 0 Å². The minimum absolute atomic E-state index is 0.320. The smallest absolute Gasteiger partial charge is 0.337 e. The Kier molecular flexibility index (Phi) is 6.12. The van der Waals surface area contributed by atoms with Gasteiger partial charge in [0.1, 0.15) is 0 Å². The van der Waals surface area contributed by atoms with Gasteiger partial charge in [-0.1, -0.05) is 11.3 Å². The Balaban J connectivity index is 2.08. The van der Waals surface area contributed by atoms with Crippen LogP contribution in [0.4, 0.5) is 0 Å². The quantitative estimate of drug-likeness (QED) is 0.591. The maximum Gasteiger partial charge on any atom is 0.337 e. The molecule has 1 amide bonds. The minimum Gasteiger partial charge on any atom is -0.465 e. The van der Waals surface area contributed by atoms with Gasteiger partial charge in [0, 0.05) is 25.0 Å². The molecular formula is C18H20N4O3S2. The molecule has 0 aliphatic carbocycles. The minimum atomic E-state index is -0.388. The Bertz CT molecular complexity index is 1050. The lowest BCUT2D eigenvalue weighted by Gasteiger charge is -2.04. The van der Waals surface area contributed by atoms with Gasteiger partial charge in [0.25, 0.3) is 5.91 Å². The summed E-state index contributed by atoms with van der Waals surface area (Å²) in [5, 5.41) is 4.22. The second kappa shape index (κ2) is 8.53. The predicted molar refractivity (Wildman–Crippen MR) is 107 cm³/mol. The Morgan fingerprint density at radius 2 is 2.15 bits per heavy atom. The number of nitrogens with zero attached hydrogens (tertiary/aromatic N) is 4. The molecule has 3 rings (SSSR count). The number of amides is 1. The third-order valence-electron chi connectivity index (χ3n) is 4.00. The zero-order valence-electron chi connectivity index (χ0n) is 15.3. The highest BCUT2D eigenvalue weighted by Crippen LogP contribution is 2.20. The highest BCUT2D eigenvalue weighted by atomic mass is 32.2. The van der Waals surface area contributed by atoms with Crippen molar-refractivity contribution in [3.8, 4) is 0 Å². The summed E-state index contributed by atoms with van der Waals surface area (Å²) in [6, 6.07) is 7.04. The number of aromatic nitrogens is 3. The van der Waals surface area contributed by atoms with E-state index < -0.39 is 0 Å². The molecular weight excluding hydrogens is 384 g/mol. The van der Waals surface area contributed by atoms with Crippen molar-refractivity contribution in [1.29, 1.82) is 0 Å². The van der Waals surface area contributed by atoms with E-state index in [2.05, 4.69) is 10.1 Å². The molecule has 0 aliphatic heterocycles. The van der Waals surface area contributed by atoms with E-state index in [-0.39, 0.29) is 11.9 Å². The molecule has 0 saturated carbocycles. The van der Waals surface area contributed by atoms with Crippen molar-refractivity contribution >= 4 is 45.2 Å². The first-order valence-electron chi connectivity index (χ1n) is 8.40. The zero-order valence-corrected chi connectivity index (χ0v) is 17.0. The van der Waals surface area contributed by atoms with Gasteiger partial charge in [-0.2, -0.15) is 21.9 Å². The van der Waals surface area contributed by atoms with Crippen LogP contribution in [0.25, 0.3) is 10.2 Å². The van der Waals surface area contributed by atoms with Crippen molar-refractivity contribution in [2.45, 2.75) is 20.0 Å². The zero-order chi connectivity index (χ0) is 19.4. The second-order valence-electron chi connectivity index (χ2n) is 5.68. The number of carbonyl (C=O) groups is 2. The van der Waals surface area contributed by atoms with E-state index in [9.17, 15) is 9.59 Å². The van der Waals surface area contributed by atoms with Gasteiger partial charge < -0.3 is 9.30 Å². The molecule has 142 valence electrons. The van der Waals surface area contributed by atoms with Crippen LogP contribution < -0.4 is 4.80 Å². The molecule has 27 heavy (non-hydrogen) atoms. The van der Waals surface area contributed by atoms with E-state index in [4.69, 9.17) is 4.74 Å². The van der Waals surface area contributed by atoms with Crippen LogP contribution in [-0.2, 0) is 17.8 Å². The average molecular weight is 405 g/mol. The molecule has 2 aromatic heterocycles. The molecule has 0 spiro atoms. The summed E-state index contributed by atoms with van der Waals surface area (Å²) in [4.78, 5) is 29.2. The van der Waals surface area contributed by atoms with Gasteiger partial charge >= 0.3 is 5.97 Å². The van der Waals surface area contributed by atoms with Crippen LogP contribution in [0.1, 0.15) is 27.8 Å². The topological polar surface area (TPSA) is 78.5 Å². The van der Waals surface area contributed by atoms with E-state index in [1.165, 1.54) is 18.4 Å². The number of aryl methyl sites for hydroxylation is 2. The summed E-state index contributed by atoms with van der Waals surface area (Å²) in [5.74, 6) is 0.122. The molecule has 0 radical (unpaired) electrons. The van der Waals surface area contributed by atoms with Crippen LogP contribution in [0.2, 0.25) is 0 Å². The fraction of sp³-hybridized carbons (Fsp3) is 0.333. The molecule has 1 aromatic carbocycles. The summed E-state index contributed by atoms with van der Waals surface area (Å²) in [6.07, 6.45) is 3.79. The Morgan fingerprint density at radius 3 is 2.81 bits per heavy atom. The summed E-state index contributed by atoms with van der Waals surface area (Å²) >= 11 is 3.09. The summed E-state index contributed by atoms with van der Waals surface area (Å²) in [7, 11) is 1.36. The van der Waals surface area contributed by atoms with Crippen molar-refractivity contribution in [3.63, 3.8) is 0 Å². The third kappa shape index (κ3) is 4.14. The maximum absolute atomic E-state index is 12.5. The molecule has 0 aliphatic rings. The van der Waals surface area contributed by atoms with Gasteiger partial charge in [-0.3, -0.25) is 9.48 Å². The first-order chi connectivity index (χ1) is 13.1. The van der Waals surface area contributed by atoms with E-state index in [1.54, 1.807) is 40.8 Å². The van der Waals surface area contributed by atoms with Crippen molar-refractivity contribution in [2.24, 2.45) is 4.99 Å².